The van der Waals surface area contributed by atoms with Gasteiger partial charge in [0.2, 0.25) is 0 Å². The normalized spacial score (nSPS) is 10.5. The summed E-state index contributed by atoms with van der Waals surface area (Å²) in [6.07, 6.45) is 2.05. The van der Waals surface area contributed by atoms with Gasteiger partial charge in [-0.25, -0.2) is 0 Å². The Morgan fingerprint density at radius 1 is 1.00 bits per heavy atom. The minimum Gasteiger partial charge on any atom is -0.299 e. The molecule has 19 heavy (non-hydrogen) atoms. The van der Waals surface area contributed by atoms with Gasteiger partial charge in [0.1, 0.15) is 0 Å². The number of amides is 1. The summed E-state index contributed by atoms with van der Waals surface area (Å²) >= 11 is 0. The molecular weight excluding hydrogens is 234 g/mol. The zero-order valence-electron chi connectivity index (χ0n) is 11.3. The van der Waals surface area contributed by atoms with Crippen LogP contribution in [0.1, 0.15) is 30.9 Å². The molecule has 0 unspecified atom stereocenters. The zero-order chi connectivity index (χ0) is 13.7. The second-order valence-electron chi connectivity index (χ2n) is 4.88. The molecule has 0 aromatic heterocycles. The summed E-state index contributed by atoms with van der Waals surface area (Å²) in [7, 11) is 0. The lowest BCUT2D eigenvalue weighted by Crippen LogP contribution is -2.21. The Morgan fingerprint density at radius 2 is 1.63 bits per heavy atom. The van der Waals surface area contributed by atoms with Crippen molar-refractivity contribution in [2.75, 3.05) is 4.90 Å². The second-order valence-corrected chi connectivity index (χ2v) is 4.88. The summed E-state index contributed by atoms with van der Waals surface area (Å²) in [5.41, 5.74) is 3.21. The number of benzene rings is 2. The highest BCUT2D eigenvalue weighted by molar-refractivity contribution is 5.77. The van der Waals surface area contributed by atoms with E-state index >= 15 is 0 Å². The van der Waals surface area contributed by atoms with E-state index in [1.807, 2.05) is 54.9 Å². The number of carbonyl (C=O) groups excluding carboxylic acids is 1. The molecule has 0 saturated carbocycles. The van der Waals surface area contributed by atoms with Gasteiger partial charge in [-0.15, -0.1) is 0 Å². The third-order valence-electron chi connectivity index (χ3n) is 3.14. The van der Waals surface area contributed by atoms with Crippen LogP contribution in [-0.2, 0) is 11.3 Å². The Hall–Kier alpha value is -2.09. The molecular formula is C17H18NO. The van der Waals surface area contributed by atoms with Gasteiger partial charge in [-0.1, -0.05) is 62.4 Å². The van der Waals surface area contributed by atoms with Crippen molar-refractivity contribution in [3.63, 3.8) is 0 Å². The van der Waals surface area contributed by atoms with E-state index in [4.69, 9.17) is 0 Å². The highest BCUT2D eigenvalue weighted by atomic mass is 16.1. The van der Waals surface area contributed by atoms with E-state index in [1.54, 1.807) is 4.90 Å². The topological polar surface area (TPSA) is 20.3 Å². The standard InChI is InChI=1S/C17H18NO/c1-14(2)16-10-6-7-11-17(16)18(13-19)12-15-8-4-3-5-9-15/h3-11,14H,12H2,1-2H3. The lowest BCUT2D eigenvalue weighted by Gasteiger charge is -2.21. The molecule has 0 N–H and O–H groups in total. The summed E-state index contributed by atoms with van der Waals surface area (Å²) in [5, 5.41) is 0. The van der Waals surface area contributed by atoms with Crippen LogP contribution in [0.2, 0.25) is 0 Å². The predicted octanol–water partition coefficient (Wildman–Crippen LogP) is 3.88. The van der Waals surface area contributed by atoms with Gasteiger partial charge in [0.15, 0.2) is 0 Å². The predicted molar refractivity (Wildman–Crippen MR) is 78.8 cm³/mol. The fraction of sp³-hybridized carbons (Fsp3) is 0.235. The Bertz CT molecular complexity index is 534. The lowest BCUT2D eigenvalue weighted by atomic mass is 10.0. The van der Waals surface area contributed by atoms with Crippen LogP contribution in [0.3, 0.4) is 0 Å². The van der Waals surface area contributed by atoms with E-state index in [1.165, 1.54) is 5.56 Å². The van der Waals surface area contributed by atoms with Gasteiger partial charge >= 0.3 is 6.41 Å². The van der Waals surface area contributed by atoms with E-state index in [0.29, 0.717) is 12.5 Å². The van der Waals surface area contributed by atoms with E-state index in [2.05, 4.69) is 19.9 Å². The average molecular weight is 252 g/mol. The van der Waals surface area contributed by atoms with E-state index in [9.17, 15) is 4.79 Å². The minimum absolute atomic E-state index is 0.378. The molecule has 0 heterocycles. The minimum atomic E-state index is 0.378. The van der Waals surface area contributed by atoms with Crippen molar-refractivity contribution in [1.29, 1.82) is 0 Å². The fourth-order valence-electron chi connectivity index (χ4n) is 2.15. The Labute approximate surface area is 114 Å². The number of hydrogen-bond acceptors (Lipinski definition) is 1. The van der Waals surface area contributed by atoms with Crippen molar-refractivity contribution < 1.29 is 4.79 Å². The second kappa shape index (κ2) is 6.19. The largest absolute Gasteiger partial charge is 0.317 e. The molecule has 0 spiro atoms. The molecule has 2 rings (SSSR count). The summed E-state index contributed by atoms with van der Waals surface area (Å²) in [6, 6.07) is 18.0. The SMILES string of the molecule is CC(C)c1ccccc1N([C]=O)Cc1ccccc1. The quantitative estimate of drug-likeness (QED) is 0.739. The van der Waals surface area contributed by atoms with Crippen LogP contribution < -0.4 is 4.90 Å². The zero-order valence-corrected chi connectivity index (χ0v) is 11.3. The van der Waals surface area contributed by atoms with Crippen molar-refractivity contribution in [3.8, 4) is 0 Å². The number of anilines is 1. The third-order valence-corrected chi connectivity index (χ3v) is 3.14. The van der Waals surface area contributed by atoms with Crippen LogP contribution in [-0.4, -0.2) is 6.41 Å². The van der Waals surface area contributed by atoms with Gasteiger partial charge in [0.25, 0.3) is 0 Å². The Morgan fingerprint density at radius 3 is 2.26 bits per heavy atom. The summed E-state index contributed by atoms with van der Waals surface area (Å²) < 4.78 is 0. The molecule has 0 saturated heterocycles. The molecule has 1 amide bonds. The van der Waals surface area contributed by atoms with Crippen LogP contribution >= 0.6 is 0 Å². The molecule has 0 aliphatic carbocycles. The van der Waals surface area contributed by atoms with Gasteiger partial charge in [-0.3, -0.25) is 9.69 Å². The number of hydrogen-bond donors (Lipinski definition) is 0. The maximum atomic E-state index is 11.3. The van der Waals surface area contributed by atoms with Gasteiger partial charge in [-0.05, 0) is 23.1 Å². The lowest BCUT2D eigenvalue weighted by molar-refractivity contribution is 0.550. The van der Waals surface area contributed by atoms with Crippen molar-refractivity contribution in [2.24, 2.45) is 0 Å². The third kappa shape index (κ3) is 3.22. The van der Waals surface area contributed by atoms with Gasteiger partial charge in [0, 0.05) is 5.69 Å². The van der Waals surface area contributed by atoms with Crippen LogP contribution in [0, 0.1) is 0 Å². The van der Waals surface area contributed by atoms with Crippen LogP contribution in [0.4, 0.5) is 5.69 Å². The van der Waals surface area contributed by atoms with Crippen molar-refractivity contribution in [1.82, 2.24) is 0 Å². The van der Waals surface area contributed by atoms with E-state index < -0.39 is 0 Å². The summed E-state index contributed by atoms with van der Waals surface area (Å²) in [4.78, 5) is 12.9. The molecule has 1 radical (unpaired) electrons. The molecule has 0 fully saturated rings. The van der Waals surface area contributed by atoms with E-state index in [-0.39, 0.29) is 0 Å². The van der Waals surface area contributed by atoms with Gasteiger partial charge in [0.05, 0.1) is 6.54 Å². The first kappa shape index (κ1) is 13.3. The van der Waals surface area contributed by atoms with Crippen LogP contribution in [0.5, 0.6) is 0 Å². The molecule has 97 valence electrons. The highest BCUT2D eigenvalue weighted by Gasteiger charge is 2.13. The van der Waals surface area contributed by atoms with E-state index in [0.717, 1.165) is 11.3 Å². The molecule has 2 aromatic carbocycles. The van der Waals surface area contributed by atoms with Gasteiger partial charge < -0.3 is 0 Å². The van der Waals surface area contributed by atoms with Crippen LogP contribution in [0.15, 0.2) is 54.6 Å². The van der Waals surface area contributed by atoms with Crippen LogP contribution in [0.25, 0.3) is 0 Å². The molecule has 0 bridgehead atoms. The maximum Gasteiger partial charge on any atom is 0.317 e. The summed E-state index contributed by atoms with van der Waals surface area (Å²) in [6.45, 7) is 4.81. The molecule has 0 aliphatic heterocycles. The van der Waals surface area contributed by atoms with Crippen molar-refractivity contribution in [3.05, 3.63) is 65.7 Å². The molecule has 2 nitrogen and oxygen atoms in total. The number of nitrogens with zero attached hydrogens (tertiary/aromatic N) is 1. The molecule has 2 aromatic rings. The van der Waals surface area contributed by atoms with Crippen molar-refractivity contribution in [2.45, 2.75) is 26.3 Å². The average Bonchev–Trinajstić information content (AvgIpc) is 2.46. The number of para-hydroxylation sites is 1. The highest BCUT2D eigenvalue weighted by Crippen LogP contribution is 2.27. The first-order valence-corrected chi connectivity index (χ1v) is 6.50. The smallest absolute Gasteiger partial charge is 0.299 e. The first-order valence-electron chi connectivity index (χ1n) is 6.50. The summed E-state index contributed by atoms with van der Waals surface area (Å²) in [5.74, 6) is 0.378. The number of rotatable bonds is 5. The van der Waals surface area contributed by atoms with Gasteiger partial charge in [-0.2, -0.15) is 0 Å². The Kier molecular flexibility index (Phi) is 4.35. The molecule has 0 aliphatic rings. The monoisotopic (exact) mass is 252 g/mol. The molecule has 2 heteroatoms. The van der Waals surface area contributed by atoms with Crippen molar-refractivity contribution >= 4 is 12.1 Å². The molecule has 0 atom stereocenters. The maximum absolute atomic E-state index is 11.3. The Balaban J connectivity index is 2.30. The fourth-order valence-corrected chi connectivity index (χ4v) is 2.15. The first-order chi connectivity index (χ1) is 9.22.